The van der Waals surface area contributed by atoms with Crippen LogP contribution < -0.4 is 9.80 Å². The zero-order chi connectivity index (χ0) is 62.0. The van der Waals surface area contributed by atoms with Crippen molar-refractivity contribution in [2.24, 2.45) is 0 Å². The summed E-state index contributed by atoms with van der Waals surface area (Å²) in [6.45, 7) is 4.85. The van der Waals surface area contributed by atoms with Crippen LogP contribution in [0.1, 0.15) is 25.0 Å². The van der Waals surface area contributed by atoms with Gasteiger partial charge in [0.15, 0.2) is 0 Å². The van der Waals surface area contributed by atoms with Crippen LogP contribution in [-0.4, -0.2) is 0 Å². The van der Waals surface area contributed by atoms with Gasteiger partial charge in [-0.05, 0) is 217 Å². The Labute approximate surface area is 543 Å². The van der Waals surface area contributed by atoms with Crippen LogP contribution in [0.2, 0.25) is 0 Å². The molecule has 93 heavy (non-hydrogen) atoms. The van der Waals surface area contributed by atoms with E-state index in [0.717, 1.165) is 34.1 Å². The summed E-state index contributed by atoms with van der Waals surface area (Å²) >= 11 is 0. The topological polar surface area (TPSA) is 6.48 Å². The van der Waals surface area contributed by atoms with E-state index in [0.29, 0.717) is 0 Å². The Balaban J connectivity index is 0.689. The average molecular weight is 1190 g/mol. The van der Waals surface area contributed by atoms with Crippen molar-refractivity contribution in [2.75, 3.05) is 9.80 Å². The molecule has 1 aliphatic rings. The van der Waals surface area contributed by atoms with Crippen molar-refractivity contribution in [3.63, 3.8) is 0 Å². The molecule has 16 aromatic carbocycles. The maximum absolute atomic E-state index is 2.51. The number of rotatable bonds is 12. The molecule has 438 valence electrons. The van der Waals surface area contributed by atoms with Crippen molar-refractivity contribution in [3.8, 4) is 77.9 Å². The Kier molecular flexibility index (Phi) is 13.6. The Hall–Kier alpha value is -11.8. The van der Waals surface area contributed by atoms with Crippen LogP contribution in [0.15, 0.2) is 352 Å². The minimum absolute atomic E-state index is 0.274. The fourth-order valence-corrected chi connectivity index (χ4v) is 15.0. The molecule has 0 saturated heterocycles. The van der Waals surface area contributed by atoms with Gasteiger partial charge < -0.3 is 9.80 Å². The van der Waals surface area contributed by atoms with Gasteiger partial charge in [0.05, 0.1) is 0 Å². The molecule has 0 heterocycles. The van der Waals surface area contributed by atoms with E-state index in [1.807, 2.05) is 0 Å². The van der Waals surface area contributed by atoms with Crippen LogP contribution in [0.4, 0.5) is 34.1 Å². The average Bonchev–Trinajstić information content (AvgIpc) is 1.50. The Morgan fingerprint density at radius 3 is 0.634 bits per heavy atom. The van der Waals surface area contributed by atoms with Crippen molar-refractivity contribution in [3.05, 3.63) is 363 Å². The number of hydrogen-bond donors (Lipinski definition) is 0. The molecule has 0 unspecified atom stereocenters. The normalized spacial score (nSPS) is 12.3. The molecule has 16 aromatic rings. The quantitative estimate of drug-likeness (QED) is 0.113. The van der Waals surface area contributed by atoms with E-state index < -0.39 is 0 Å². The molecule has 2 nitrogen and oxygen atoms in total. The highest BCUT2D eigenvalue weighted by Gasteiger charge is 2.37. The molecule has 0 amide bonds. The van der Waals surface area contributed by atoms with Gasteiger partial charge in [-0.2, -0.15) is 0 Å². The maximum atomic E-state index is 2.51. The molecule has 17 rings (SSSR count). The summed E-state index contributed by atoms with van der Waals surface area (Å²) in [7, 11) is 0. The standard InChI is InChI=1S/C91H64N2/c1-91(2)85-59-67(89-81-35-19-15-31-77(81)87(78-32-16-20-36-82(78)89)65-43-39-61(40-44-65)63-47-53-73(54-48-63)92(69-23-7-3-8-24-69)70-25-9-4-10-26-70)51-57-75(85)76-58-52-68(60-86(76)91)90-83-37-21-17-33-79(83)88(80-34-18-22-38-84(80)90)66-45-41-62(42-46-66)64-49-55-74(56-50-64)93(71-27-11-5-12-28-71)72-29-13-6-14-30-72/h3-60H,1-2H3. The second-order valence-corrected chi connectivity index (χ2v) is 25.1. The van der Waals surface area contributed by atoms with Crippen LogP contribution in [0.5, 0.6) is 0 Å². The third kappa shape index (κ3) is 9.57. The third-order valence-corrected chi connectivity index (χ3v) is 19.4. The van der Waals surface area contributed by atoms with Gasteiger partial charge in [-0.15, -0.1) is 0 Å². The van der Waals surface area contributed by atoms with Crippen molar-refractivity contribution >= 4 is 77.2 Å². The van der Waals surface area contributed by atoms with Gasteiger partial charge in [-0.3, -0.25) is 0 Å². The summed E-state index contributed by atoms with van der Waals surface area (Å²) in [6, 6.07) is 129. The Bertz CT molecular complexity index is 4930. The molecule has 0 fully saturated rings. The van der Waals surface area contributed by atoms with E-state index in [-0.39, 0.29) is 5.41 Å². The van der Waals surface area contributed by atoms with Crippen LogP contribution in [-0.2, 0) is 5.41 Å². The largest absolute Gasteiger partial charge is 0.311 e. The van der Waals surface area contributed by atoms with E-state index in [9.17, 15) is 0 Å². The Morgan fingerprint density at radius 2 is 0.376 bits per heavy atom. The van der Waals surface area contributed by atoms with E-state index >= 15 is 0 Å². The summed E-state index contributed by atoms with van der Waals surface area (Å²) in [6.07, 6.45) is 0. The predicted octanol–water partition coefficient (Wildman–Crippen LogP) is 25.5. The van der Waals surface area contributed by atoms with Crippen molar-refractivity contribution in [2.45, 2.75) is 19.3 Å². The summed E-state index contributed by atoms with van der Waals surface area (Å²) < 4.78 is 0. The minimum atomic E-state index is -0.274. The van der Waals surface area contributed by atoms with Gasteiger partial charge in [0, 0.05) is 39.5 Å². The number of benzene rings is 16. The number of para-hydroxylation sites is 4. The second-order valence-electron chi connectivity index (χ2n) is 25.1. The number of anilines is 6. The number of nitrogens with zero attached hydrogens (tertiary/aromatic N) is 2. The molecule has 1 aliphatic carbocycles. The van der Waals surface area contributed by atoms with E-state index in [1.165, 1.54) is 132 Å². The van der Waals surface area contributed by atoms with Crippen molar-refractivity contribution in [1.29, 1.82) is 0 Å². The molecule has 0 radical (unpaired) electrons. The smallest absolute Gasteiger partial charge is 0.0462 e. The molecule has 0 aromatic heterocycles. The molecule has 0 N–H and O–H groups in total. The first-order chi connectivity index (χ1) is 45.9. The number of fused-ring (bicyclic) bond motifs is 7. The highest BCUT2D eigenvalue weighted by molar-refractivity contribution is 6.23. The van der Waals surface area contributed by atoms with E-state index in [1.54, 1.807) is 0 Å². The van der Waals surface area contributed by atoms with E-state index in [4.69, 9.17) is 0 Å². The molecule has 0 saturated carbocycles. The zero-order valence-electron chi connectivity index (χ0n) is 51.9. The lowest BCUT2D eigenvalue weighted by molar-refractivity contribution is 0.661. The van der Waals surface area contributed by atoms with Gasteiger partial charge >= 0.3 is 0 Å². The fraction of sp³-hybridized carbons (Fsp3) is 0.0330. The monoisotopic (exact) mass is 1180 g/mol. The lowest BCUT2D eigenvalue weighted by Crippen LogP contribution is -2.15. The highest BCUT2D eigenvalue weighted by Crippen LogP contribution is 2.54. The molecular formula is C91H64N2. The summed E-state index contributed by atoms with van der Waals surface area (Å²) in [5.74, 6) is 0. The summed E-state index contributed by atoms with van der Waals surface area (Å²) in [5, 5.41) is 9.99. The van der Waals surface area contributed by atoms with Gasteiger partial charge in [0.2, 0.25) is 0 Å². The SMILES string of the molecule is CC1(C)c2cc(-c3c4ccccc4c(-c4ccc(-c5ccc(N(c6ccccc6)c6ccccc6)cc5)cc4)c4ccccc34)ccc2-c2ccc(-c3c4ccccc4c(-c4ccc(-c5ccc(N(c6ccccc6)c6ccccc6)cc5)cc4)c4ccccc34)cc21. The second kappa shape index (κ2) is 22.9. The maximum Gasteiger partial charge on any atom is 0.0462 e. The van der Waals surface area contributed by atoms with Crippen molar-refractivity contribution in [1.82, 2.24) is 0 Å². The van der Waals surface area contributed by atoms with Crippen LogP contribution >= 0.6 is 0 Å². The van der Waals surface area contributed by atoms with Crippen molar-refractivity contribution < 1.29 is 0 Å². The minimum Gasteiger partial charge on any atom is -0.311 e. The lowest BCUT2D eigenvalue weighted by atomic mass is 9.79. The fourth-order valence-electron chi connectivity index (χ4n) is 15.0. The molecule has 0 atom stereocenters. The van der Waals surface area contributed by atoms with E-state index in [2.05, 4.69) is 375 Å². The van der Waals surface area contributed by atoms with Gasteiger partial charge in [-0.25, -0.2) is 0 Å². The number of hydrogen-bond acceptors (Lipinski definition) is 2. The predicted molar refractivity (Wildman–Crippen MR) is 396 cm³/mol. The summed E-state index contributed by atoms with van der Waals surface area (Å²) in [4.78, 5) is 4.62. The first-order valence-corrected chi connectivity index (χ1v) is 32.3. The molecule has 0 bridgehead atoms. The third-order valence-electron chi connectivity index (χ3n) is 19.4. The molecule has 0 aliphatic heterocycles. The zero-order valence-corrected chi connectivity index (χ0v) is 51.9. The molecule has 0 spiro atoms. The van der Waals surface area contributed by atoms with Crippen LogP contribution in [0, 0.1) is 0 Å². The first kappa shape index (κ1) is 55.2. The lowest BCUT2D eigenvalue weighted by Gasteiger charge is -2.25. The summed E-state index contributed by atoms with van der Waals surface area (Å²) in [5.41, 5.74) is 26.4. The highest BCUT2D eigenvalue weighted by atomic mass is 15.1. The van der Waals surface area contributed by atoms with Gasteiger partial charge in [-0.1, -0.05) is 281 Å². The van der Waals surface area contributed by atoms with Crippen LogP contribution in [0.25, 0.3) is 121 Å². The van der Waals surface area contributed by atoms with Gasteiger partial charge in [0.1, 0.15) is 0 Å². The first-order valence-electron chi connectivity index (χ1n) is 32.3. The van der Waals surface area contributed by atoms with Crippen LogP contribution in [0.3, 0.4) is 0 Å². The Morgan fingerprint density at radius 1 is 0.183 bits per heavy atom. The molecular weight excluding hydrogens is 1120 g/mol. The van der Waals surface area contributed by atoms with Gasteiger partial charge in [0.25, 0.3) is 0 Å². The molecule has 2 heteroatoms.